The van der Waals surface area contributed by atoms with Crippen molar-refractivity contribution in [2.75, 3.05) is 29.9 Å². The smallest absolute Gasteiger partial charge is 0.406 e. The molecule has 0 unspecified atom stereocenters. The fourth-order valence-corrected chi connectivity index (χ4v) is 5.10. The molecular formula is C22H23F3N4O4S. The highest BCUT2D eigenvalue weighted by Gasteiger charge is 2.31. The van der Waals surface area contributed by atoms with E-state index in [1.165, 1.54) is 36.4 Å². The first kappa shape index (κ1) is 23.9. The molecule has 0 saturated carbocycles. The maximum absolute atomic E-state index is 12.7. The van der Waals surface area contributed by atoms with Crippen molar-refractivity contribution in [1.29, 1.82) is 0 Å². The highest BCUT2D eigenvalue weighted by Crippen LogP contribution is 2.32. The summed E-state index contributed by atoms with van der Waals surface area (Å²) in [6.07, 6.45) is -2.18. The fourth-order valence-electron chi connectivity index (χ4n) is 3.96. The Balaban J connectivity index is 1.42. The number of nitrogens with zero attached hydrogens (tertiary/aromatic N) is 2. The van der Waals surface area contributed by atoms with Gasteiger partial charge in [-0.3, -0.25) is 14.5 Å². The number of amidine groups is 1. The molecule has 2 N–H and O–H groups in total. The molecule has 2 aliphatic rings. The molecule has 182 valence electrons. The lowest BCUT2D eigenvalue weighted by Gasteiger charge is -2.31. The Morgan fingerprint density at radius 2 is 1.94 bits per heavy atom. The molecule has 4 rings (SSSR count). The van der Waals surface area contributed by atoms with Crippen molar-refractivity contribution >= 4 is 33.1 Å². The summed E-state index contributed by atoms with van der Waals surface area (Å²) >= 11 is 0. The summed E-state index contributed by atoms with van der Waals surface area (Å²) in [6, 6.07) is 9.96. The van der Waals surface area contributed by atoms with Gasteiger partial charge in [-0.1, -0.05) is 6.07 Å². The van der Waals surface area contributed by atoms with Crippen LogP contribution >= 0.6 is 0 Å². The van der Waals surface area contributed by atoms with Gasteiger partial charge in [0.15, 0.2) is 0 Å². The van der Waals surface area contributed by atoms with Crippen LogP contribution in [0.3, 0.4) is 0 Å². The number of carbonyl (C=O) groups excluding carboxylic acids is 1. The van der Waals surface area contributed by atoms with Crippen LogP contribution in [-0.2, 0) is 21.2 Å². The van der Waals surface area contributed by atoms with E-state index in [2.05, 4.69) is 19.8 Å². The number of nitrogens with one attached hydrogen (secondary N) is 2. The van der Waals surface area contributed by atoms with Crippen LogP contribution in [0.5, 0.6) is 5.75 Å². The maximum atomic E-state index is 12.7. The molecular weight excluding hydrogens is 473 g/mol. The lowest BCUT2D eigenvalue weighted by atomic mass is 10.0. The molecule has 0 saturated heterocycles. The second-order valence-electron chi connectivity index (χ2n) is 7.98. The molecule has 1 amide bonds. The maximum Gasteiger partial charge on any atom is 0.573 e. The van der Waals surface area contributed by atoms with E-state index in [0.29, 0.717) is 55.1 Å². The van der Waals surface area contributed by atoms with Crippen molar-refractivity contribution in [3.63, 3.8) is 0 Å². The third-order valence-corrected chi connectivity index (χ3v) is 6.77. The first-order valence-corrected chi connectivity index (χ1v) is 12.2. The summed E-state index contributed by atoms with van der Waals surface area (Å²) in [5.74, 6) is -0.263. The highest BCUT2D eigenvalue weighted by atomic mass is 32.2. The zero-order valence-electron chi connectivity index (χ0n) is 18.1. The summed E-state index contributed by atoms with van der Waals surface area (Å²) in [7, 11) is -3.82. The van der Waals surface area contributed by atoms with Gasteiger partial charge < -0.3 is 15.0 Å². The molecule has 2 aliphatic heterocycles. The SMILES string of the molecule is O=C(CN1CCCc2cc(OC(F)(F)F)ccc21)Nc1cccc(S(=O)(=O)NC2=NCCC2)c1. The van der Waals surface area contributed by atoms with Gasteiger partial charge in [0.2, 0.25) is 5.91 Å². The van der Waals surface area contributed by atoms with Crippen LogP contribution in [0.25, 0.3) is 0 Å². The van der Waals surface area contributed by atoms with E-state index in [-0.39, 0.29) is 23.1 Å². The number of hydrogen-bond donors (Lipinski definition) is 2. The zero-order chi connectivity index (χ0) is 24.3. The minimum absolute atomic E-state index is 0.000382. The van der Waals surface area contributed by atoms with Crippen LogP contribution in [0, 0.1) is 0 Å². The second-order valence-corrected chi connectivity index (χ2v) is 9.66. The van der Waals surface area contributed by atoms with Crippen molar-refractivity contribution in [2.45, 2.75) is 36.9 Å². The average Bonchev–Trinajstić information content (AvgIpc) is 3.25. The van der Waals surface area contributed by atoms with Gasteiger partial charge in [0.05, 0.1) is 11.4 Å². The van der Waals surface area contributed by atoms with Crippen molar-refractivity contribution in [3.8, 4) is 5.75 Å². The highest BCUT2D eigenvalue weighted by molar-refractivity contribution is 7.90. The van der Waals surface area contributed by atoms with E-state index in [9.17, 15) is 26.4 Å². The molecule has 8 nitrogen and oxygen atoms in total. The van der Waals surface area contributed by atoms with Crippen molar-refractivity contribution < 1.29 is 31.1 Å². The molecule has 34 heavy (non-hydrogen) atoms. The summed E-state index contributed by atoms with van der Waals surface area (Å²) < 4.78 is 69.2. The quantitative estimate of drug-likeness (QED) is 0.638. The predicted octanol–water partition coefficient (Wildman–Crippen LogP) is 3.45. The Morgan fingerprint density at radius 1 is 1.12 bits per heavy atom. The van der Waals surface area contributed by atoms with Crippen LogP contribution in [-0.4, -0.2) is 46.2 Å². The third kappa shape index (κ3) is 5.99. The molecule has 0 atom stereocenters. The van der Waals surface area contributed by atoms with Gasteiger partial charge in [-0.15, -0.1) is 13.2 Å². The fraction of sp³-hybridized carbons (Fsp3) is 0.364. The number of fused-ring (bicyclic) bond motifs is 1. The van der Waals surface area contributed by atoms with Crippen molar-refractivity contribution in [1.82, 2.24) is 4.72 Å². The number of rotatable bonds is 6. The van der Waals surface area contributed by atoms with Gasteiger partial charge in [0, 0.05) is 30.9 Å². The van der Waals surface area contributed by atoms with E-state index in [0.717, 1.165) is 6.42 Å². The Morgan fingerprint density at radius 3 is 2.68 bits per heavy atom. The molecule has 0 spiro atoms. The number of benzene rings is 2. The zero-order valence-corrected chi connectivity index (χ0v) is 18.9. The molecule has 0 radical (unpaired) electrons. The van der Waals surface area contributed by atoms with Gasteiger partial charge in [-0.05, 0) is 61.2 Å². The van der Waals surface area contributed by atoms with E-state index in [4.69, 9.17) is 0 Å². The average molecular weight is 497 g/mol. The number of aliphatic imine (C=N–C) groups is 1. The summed E-state index contributed by atoms with van der Waals surface area (Å²) in [6.45, 7) is 1.10. The molecule has 12 heteroatoms. The number of halogens is 3. The van der Waals surface area contributed by atoms with Gasteiger partial charge in [-0.25, -0.2) is 8.42 Å². The number of carbonyl (C=O) groups is 1. The minimum atomic E-state index is -4.77. The van der Waals surface area contributed by atoms with Crippen molar-refractivity contribution in [2.24, 2.45) is 4.99 Å². The number of sulfonamides is 1. The van der Waals surface area contributed by atoms with Crippen LogP contribution in [0.2, 0.25) is 0 Å². The molecule has 0 bridgehead atoms. The van der Waals surface area contributed by atoms with Gasteiger partial charge in [0.1, 0.15) is 11.6 Å². The largest absolute Gasteiger partial charge is 0.573 e. The van der Waals surface area contributed by atoms with Crippen molar-refractivity contribution in [3.05, 3.63) is 48.0 Å². The molecule has 2 aromatic rings. The van der Waals surface area contributed by atoms with Crippen LogP contribution in [0.1, 0.15) is 24.8 Å². The van der Waals surface area contributed by atoms with E-state index in [1.807, 2.05) is 0 Å². The Kier molecular flexibility index (Phi) is 6.69. The van der Waals surface area contributed by atoms with E-state index in [1.54, 1.807) is 11.0 Å². The standard InChI is InChI=1S/C22H23F3N4O4S/c23-22(24,25)33-17-8-9-19-15(12-17)4-3-11-29(19)14-21(30)27-16-5-1-6-18(13-16)34(31,32)28-20-7-2-10-26-20/h1,5-6,8-9,12-13H,2-4,7,10-11,14H2,(H,26,28)(H,27,30). The van der Waals surface area contributed by atoms with Crippen LogP contribution in [0.15, 0.2) is 52.4 Å². The molecule has 2 aromatic carbocycles. The number of amides is 1. The van der Waals surface area contributed by atoms with Crippen LogP contribution < -0.4 is 19.7 Å². The Bertz CT molecular complexity index is 1210. The van der Waals surface area contributed by atoms with Gasteiger partial charge >= 0.3 is 6.36 Å². The monoisotopic (exact) mass is 496 g/mol. The topological polar surface area (TPSA) is 100 Å². The first-order chi connectivity index (χ1) is 16.1. The van der Waals surface area contributed by atoms with Gasteiger partial charge in [0.25, 0.3) is 10.0 Å². The van der Waals surface area contributed by atoms with E-state index >= 15 is 0 Å². The van der Waals surface area contributed by atoms with Crippen LogP contribution in [0.4, 0.5) is 24.5 Å². The molecule has 0 aromatic heterocycles. The number of anilines is 2. The minimum Gasteiger partial charge on any atom is -0.406 e. The first-order valence-electron chi connectivity index (χ1n) is 10.7. The third-order valence-electron chi connectivity index (χ3n) is 5.39. The summed E-state index contributed by atoms with van der Waals surface area (Å²) in [5, 5.41) is 2.69. The number of alkyl halides is 3. The van der Waals surface area contributed by atoms with Gasteiger partial charge in [-0.2, -0.15) is 0 Å². The Hall–Kier alpha value is -3.28. The predicted molar refractivity (Wildman–Crippen MR) is 121 cm³/mol. The normalized spacial score (nSPS) is 16.0. The lowest BCUT2D eigenvalue weighted by Crippen LogP contribution is -2.36. The molecule has 0 aliphatic carbocycles. The lowest BCUT2D eigenvalue weighted by molar-refractivity contribution is -0.274. The second kappa shape index (κ2) is 9.53. The summed E-state index contributed by atoms with van der Waals surface area (Å²) in [4.78, 5) is 18.6. The molecule has 2 heterocycles. The van der Waals surface area contributed by atoms with E-state index < -0.39 is 16.4 Å². The Labute approximate surface area is 194 Å². The summed E-state index contributed by atoms with van der Waals surface area (Å²) in [5.41, 5.74) is 1.64. The number of aryl methyl sites for hydroxylation is 1. The molecule has 0 fully saturated rings. The number of hydrogen-bond acceptors (Lipinski definition) is 6. The number of ether oxygens (including phenoxy) is 1.